The minimum atomic E-state index is -0.200. The summed E-state index contributed by atoms with van der Waals surface area (Å²) in [6, 6.07) is 11.7. The molecule has 6 nitrogen and oxygen atoms in total. The SMILES string of the molecule is CCOc1cccc2cc(C(=O)N(CCN(C)C)c3nc4c(C)cc(C)cc4s3)oc12. The van der Waals surface area contributed by atoms with Gasteiger partial charge in [0.1, 0.15) is 0 Å². The number of carbonyl (C=O) groups excluding carboxylic acids is 1. The molecule has 0 aliphatic rings. The number of aryl methyl sites for hydroxylation is 2. The normalized spacial score (nSPS) is 11.5. The fourth-order valence-electron chi connectivity index (χ4n) is 3.60. The second-order valence-electron chi connectivity index (χ2n) is 7.90. The Morgan fingerprint density at radius 1 is 1.16 bits per heavy atom. The maximum absolute atomic E-state index is 13.6. The summed E-state index contributed by atoms with van der Waals surface area (Å²) in [6.07, 6.45) is 0. The Labute approximate surface area is 186 Å². The molecule has 1 amide bonds. The predicted octanol–water partition coefficient (Wildman–Crippen LogP) is 5.27. The van der Waals surface area contributed by atoms with Gasteiger partial charge in [-0.25, -0.2) is 4.98 Å². The molecule has 162 valence electrons. The van der Waals surface area contributed by atoms with Crippen molar-refractivity contribution in [1.82, 2.24) is 9.88 Å². The zero-order valence-corrected chi connectivity index (χ0v) is 19.4. The maximum atomic E-state index is 13.6. The largest absolute Gasteiger partial charge is 0.490 e. The number of ether oxygens (including phenoxy) is 1. The van der Waals surface area contributed by atoms with Crippen molar-refractivity contribution in [3.63, 3.8) is 0 Å². The molecule has 2 heterocycles. The van der Waals surface area contributed by atoms with Crippen LogP contribution in [0.1, 0.15) is 28.6 Å². The second kappa shape index (κ2) is 8.69. The fraction of sp³-hybridized carbons (Fsp3) is 0.333. The summed E-state index contributed by atoms with van der Waals surface area (Å²) in [5.41, 5.74) is 3.84. The van der Waals surface area contributed by atoms with Gasteiger partial charge in [-0.2, -0.15) is 0 Å². The van der Waals surface area contributed by atoms with E-state index < -0.39 is 0 Å². The molecule has 0 bridgehead atoms. The van der Waals surface area contributed by atoms with Crippen molar-refractivity contribution in [3.05, 3.63) is 53.3 Å². The van der Waals surface area contributed by atoms with E-state index in [4.69, 9.17) is 14.1 Å². The lowest BCUT2D eigenvalue weighted by Gasteiger charge is -2.20. The second-order valence-corrected chi connectivity index (χ2v) is 8.91. The molecule has 4 rings (SSSR count). The first-order chi connectivity index (χ1) is 14.9. The quantitative estimate of drug-likeness (QED) is 0.394. The third-order valence-corrected chi connectivity index (χ3v) is 6.11. The summed E-state index contributed by atoms with van der Waals surface area (Å²) in [5, 5.41) is 1.53. The lowest BCUT2D eigenvalue weighted by Crippen LogP contribution is -2.36. The number of furan rings is 1. The number of para-hydroxylation sites is 1. The molecule has 0 fully saturated rings. The number of likely N-dealkylation sites (N-methyl/N-ethyl adjacent to an activating group) is 1. The van der Waals surface area contributed by atoms with Gasteiger partial charge in [0.05, 0.1) is 16.8 Å². The van der Waals surface area contributed by atoms with Crippen LogP contribution in [-0.2, 0) is 0 Å². The van der Waals surface area contributed by atoms with E-state index in [-0.39, 0.29) is 11.7 Å². The highest BCUT2D eigenvalue weighted by molar-refractivity contribution is 7.22. The number of hydrogen-bond donors (Lipinski definition) is 0. The van der Waals surface area contributed by atoms with Crippen LogP contribution in [0, 0.1) is 13.8 Å². The standard InChI is InChI=1S/C24H27N3O3S/c1-6-29-18-9-7-8-17-14-19(30-22(17)18)23(28)27(11-10-26(4)5)24-25-21-16(3)12-15(2)13-20(21)31-24/h7-9,12-14H,6,10-11H2,1-5H3. The average molecular weight is 438 g/mol. The first-order valence-electron chi connectivity index (χ1n) is 10.4. The van der Waals surface area contributed by atoms with E-state index in [2.05, 4.69) is 30.9 Å². The molecule has 0 saturated heterocycles. The highest BCUT2D eigenvalue weighted by atomic mass is 32.1. The van der Waals surface area contributed by atoms with E-state index in [0.717, 1.165) is 21.2 Å². The number of carbonyl (C=O) groups is 1. The molecular formula is C24H27N3O3S. The third kappa shape index (κ3) is 4.29. The minimum Gasteiger partial charge on any atom is -0.490 e. The summed E-state index contributed by atoms with van der Waals surface area (Å²) >= 11 is 1.54. The van der Waals surface area contributed by atoms with E-state index >= 15 is 0 Å². The summed E-state index contributed by atoms with van der Waals surface area (Å²) in [6.45, 7) is 7.81. The lowest BCUT2D eigenvalue weighted by atomic mass is 10.1. The summed E-state index contributed by atoms with van der Waals surface area (Å²) in [7, 11) is 3.98. The minimum absolute atomic E-state index is 0.200. The summed E-state index contributed by atoms with van der Waals surface area (Å²) in [5.74, 6) is 0.729. The molecule has 0 aliphatic carbocycles. The highest BCUT2D eigenvalue weighted by Gasteiger charge is 2.25. The molecule has 2 aromatic carbocycles. The highest BCUT2D eigenvalue weighted by Crippen LogP contribution is 2.34. The molecule has 0 atom stereocenters. The molecule has 2 aromatic heterocycles. The number of rotatable bonds is 7. The van der Waals surface area contributed by atoms with Gasteiger partial charge < -0.3 is 14.1 Å². The van der Waals surface area contributed by atoms with Gasteiger partial charge in [-0.05, 0) is 64.2 Å². The van der Waals surface area contributed by atoms with Crippen LogP contribution in [-0.4, -0.2) is 49.6 Å². The molecular weight excluding hydrogens is 410 g/mol. The van der Waals surface area contributed by atoms with E-state index in [0.29, 0.717) is 36.2 Å². The van der Waals surface area contributed by atoms with Gasteiger partial charge in [0.25, 0.3) is 5.91 Å². The monoisotopic (exact) mass is 437 g/mol. The zero-order valence-electron chi connectivity index (χ0n) is 18.6. The Kier molecular flexibility index (Phi) is 5.98. The van der Waals surface area contributed by atoms with Crippen LogP contribution >= 0.6 is 11.3 Å². The summed E-state index contributed by atoms with van der Waals surface area (Å²) < 4.78 is 12.7. The van der Waals surface area contributed by atoms with Gasteiger partial charge in [-0.1, -0.05) is 29.5 Å². The maximum Gasteiger partial charge on any atom is 0.295 e. The van der Waals surface area contributed by atoms with Crippen LogP contribution in [0.2, 0.25) is 0 Å². The predicted molar refractivity (Wildman–Crippen MR) is 127 cm³/mol. The van der Waals surface area contributed by atoms with Crippen LogP contribution in [0.4, 0.5) is 5.13 Å². The molecule has 0 unspecified atom stereocenters. The van der Waals surface area contributed by atoms with Gasteiger partial charge in [0, 0.05) is 18.5 Å². The van der Waals surface area contributed by atoms with Gasteiger partial charge in [-0.3, -0.25) is 9.69 Å². The molecule has 0 aliphatic heterocycles. The number of benzene rings is 2. The van der Waals surface area contributed by atoms with Gasteiger partial charge in [0.2, 0.25) is 0 Å². The van der Waals surface area contributed by atoms with Gasteiger partial charge in [0.15, 0.2) is 22.2 Å². The van der Waals surface area contributed by atoms with E-state index in [1.54, 1.807) is 11.0 Å². The first kappa shape index (κ1) is 21.3. The van der Waals surface area contributed by atoms with E-state index in [9.17, 15) is 4.79 Å². The van der Waals surface area contributed by atoms with Crippen LogP contribution in [0.15, 0.2) is 40.8 Å². The van der Waals surface area contributed by atoms with E-state index in [1.165, 1.54) is 16.9 Å². The number of aromatic nitrogens is 1. The van der Waals surface area contributed by atoms with Crippen molar-refractivity contribution in [2.24, 2.45) is 0 Å². The molecule has 4 aromatic rings. The Balaban J connectivity index is 1.76. The van der Waals surface area contributed by atoms with Crippen molar-refractivity contribution >= 4 is 43.6 Å². The Hall–Kier alpha value is -2.90. The Morgan fingerprint density at radius 3 is 2.71 bits per heavy atom. The Bertz CT molecular complexity index is 1240. The summed E-state index contributed by atoms with van der Waals surface area (Å²) in [4.78, 5) is 22.2. The van der Waals surface area contributed by atoms with E-state index in [1.807, 2.05) is 39.2 Å². The van der Waals surface area contributed by atoms with Crippen molar-refractivity contribution in [1.29, 1.82) is 0 Å². The van der Waals surface area contributed by atoms with Crippen molar-refractivity contribution in [2.45, 2.75) is 20.8 Å². The number of fused-ring (bicyclic) bond motifs is 2. The molecule has 0 N–H and O–H groups in total. The van der Waals surface area contributed by atoms with Crippen molar-refractivity contribution in [3.8, 4) is 5.75 Å². The van der Waals surface area contributed by atoms with Crippen LogP contribution in [0.5, 0.6) is 5.75 Å². The van der Waals surface area contributed by atoms with Crippen molar-refractivity contribution in [2.75, 3.05) is 38.7 Å². The van der Waals surface area contributed by atoms with Crippen molar-refractivity contribution < 1.29 is 13.9 Å². The number of anilines is 1. The number of thiazole rings is 1. The number of hydrogen-bond acceptors (Lipinski definition) is 6. The van der Waals surface area contributed by atoms with Crippen LogP contribution < -0.4 is 9.64 Å². The average Bonchev–Trinajstić information content (AvgIpc) is 3.33. The number of nitrogens with zero attached hydrogens (tertiary/aromatic N) is 3. The fourth-order valence-corrected chi connectivity index (χ4v) is 4.77. The van der Waals surface area contributed by atoms with Crippen LogP contribution in [0.25, 0.3) is 21.2 Å². The van der Waals surface area contributed by atoms with Crippen LogP contribution in [0.3, 0.4) is 0 Å². The third-order valence-electron chi connectivity index (χ3n) is 5.08. The van der Waals surface area contributed by atoms with Gasteiger partial charge >= 0.3 is 0 Å². The molecule has 0 radical (unpaired) electrons. The smallest absolute Gasteiger partial charge is 0.295 e. The molecule has 0 spiro atoms. The lowest BCUT2D eigenvalue weighted by molar-refractivity contribution is 0.0960. The topological polar surface area (TPSA) is 58.8 Å². The molecule has 0 saturated carbocycles. The first-order valence-corrected chi connectivity index (χ1v) is 11.2. The Morgan fingerprint density at radius 2 is 1.97 bits per heavy atom. The molecule has 31 heavy (non-hydrogen) atoms. The number of amides is 1. The van der Waals surface area contributed by atoms with Gasteiger partial charge in [-0.15, -0.1) is 0 Å². The molecule has 7 heteroatoms. The zero-order chi connectivity index (χ0) is 22.1.